The van der Waals surface area contributed by atoms with E-state index in [0.29, 0.717) is 17.3 Å². The molecule has 0 aliphatic rings. The molecule has 0 saturated carbocycles. The molecular weight excluding hydrogens is 344 g/mol. The maximum Gasteiger partial charge on any atom is 0.220 e. The summed E-state index contributed by atoms with van der Waals surface area (Å²) in [5.74, 6) is 0. The standard InChI is InChI=1S/C21H16ClN4/c1-2-26-20-12-15(22)8-10-18(20)17-11-9-16(24-25-23)13-19(17)21(26)14-6-4-3-5-7-14/h3-13H,2H2,1H3/q+1/i1D. The summed E-state index contributed by atoms with van der Waals surface area (Å²) in [6.45, 7) is 0.774. The van der Waals surface area contributed by atoms with Crippen LogP contribution in [0.3, 0.4) is 0 Å². The Morgan fingerprint density at radius 2 is 1.85 bits per heavy atom. The average molecular weight is 361 g/mol. The van der Waals surface area contributed by atoms with Crippen molar-refractivity contribution in [2.24, 2.45) is 5.11 Å². The lowest BCUT2D eigenvalue weighted by atomic mass is 9.98. The highest BCUT2D eigenvalue weighted by molar-refractivity contribution is 6.31. The van der Waals surface area contributed by atoms with Gasteiger partial charge >= 0.3 is 0 Å². The van der Waals surface area contributed by atoms with Crippen molar-refractivity contribution < 1.29 is 5.94 Å². The zero-order valence-corrected chi connectivity index (χ0v) is 14.7. The minimum atomic E-state index is 0.244. The number of pyridine rings is 1. The highest BCUT2D eigenvalue weighted by atomic mass is 35.5. The van der Waals surface area contributed by atoms with Gasteiger partial charge in [0.25, 0.3) is 0 Å². The van der Waals surface area contributed by atoms with E-state index in [9.17, 15) is 0 Å². The van der Waals surface area contributed by atoms with Gasteiger partial charge in [0, 0.05) is 34.0 Å². The van der Waals surface area contributed by atoms with Crippen LogP contribution in [-0.4, -0.2) is 0 Å². The molecule has 0 amide bonds. The van der Waals surface area contributed by atoms with Crippen LogP contribution >= 0.6 is 11.6 Å². The van der Waals surface area contributed by atoms with Crippen LogP contribution in [0.25, 0.3) is 43.4 Å². The van der Waals surface area contributed by atoms with Crippen molar-refractivity contribution in [3.63, 3.8) is 0 Å². The predicted molar refractivity (Wildman–Crippen MR) is 107 cm³/mol. The zero-order chi connectivity index (χ0) is 18.8. The number of fused-ring (bicyclic) bond motifs is 3. The second-order valence-electron chi connectivity index (χ2n) is 5.95. The van der Waals surface area contributed by atoms with Crippen LogP contribution in [0.1, 0.15) is 8.27 Å². The number of halogens is 1. The van der Waals surface area contributed by atoms with Gasteiger partial charge in [-0.2, -0.15) is 4.57 Å². The van der Waals surface area contributed by atoms with Crippen LogP contribution in [0.4, 0.5) is 5.69 Å². The van der Waals surface area contributed by atoms with E-state index in [1.807, 2.05) is 66.7 Å². The molecule has 0 aliphatic carbocycles. The molecule has 5 heteroatoms. The van der Waals surface area contributed by atoms with E-state index in [1.165, 1.54) is 0 Å². The molecule has 0 unspecified atom stereocenters. The zero-order valence-electron chi connectivity index (χ0n) is 14.9. The summed E-state index contributed by atoms with van der Waals surface area (Å²) in [6, 6.07) is 21.6. The summed E-state index contributed by atoms with van der Waals surface area (Å²) >= 11 is 6.29. The Bertz CT molecular complexity index is 1200. The van der Waals surface area contributed by atoms with Gasteiger partial charge < -0.3 is 0 Å². The Kier molecular flexibility index (Phi) is 3.91. The molecule has 4 aromatic rings. The van der Waals surface area contributed by atoms with Crippen molar-refractivity contribution >= 4 is 39.0 Å². The summed E-state index contributed by atoms with van der Waals surface area (Å²) in [7, 11) is 0. The monoisotopic (exact) mass is 360 g/mol. The van der Waals surface area contributed by atoms with Gasteiger partial charge in [0.2, 0.25) is 11.2 Å². The Hall–Kier alpha value is -3.07. The highest BCUT2D eigenvalue weighted by Crippen LogP contribution is 2.34. The fraction of sp³-hybridized carbons (Fsp3) is 0.0952. The third kappa shape index (κ3) is 2.66. The summed E-state index contributed by atoms with van der Waals surface area (Å²) < 4.78 is 9.95. The molecule has 0 atom stereocenters. The lowest BCUT2D eigenvalue weighted by Gasteiger charge is -2.12. The second-order valence-corrected chi connectivity index (χ2v) is 6.38. The van der Waals surface area contributed by atoms with Crippen molar-refractivity contribution in [3.8, 4) is 11.3 Å². The average Bonchev–Trinajstić information content (AvgIpc) is 2.69. The van der Waals surface area contributed by atoms with Gasteiger partial charge in [-0.3, -0.25) is 0 Å². The lowest BCUT2D eigenvalue weighted by Crippen LogP contribution is -2.36. The number of hydrogen-bond donors (Lipinski definition) is 0. The maximum atomic E-state index is 8.83. The van der Waals surface area contributed by atoms with Crippen molar-refractivity contribution in [3.05, 3.63) is 82.2 Å². The van der Waals surface area contributed by atoms with E-state index in [1.54, 1.807) is 0 Å². The molecule has 4 nitrogen and oxygen atoms in total. The second kappa shape index (κ2) is 6.68. The molecule has 26 heavy (non-hydrogen) atoms. The minimum absolute atomic E-state index is 0.244. The Morgan fingerprint density at radius 1 is 1.04 bits per heavy atom. The third-order valence-corrected chi connectivity index (χ3v) is 4.74. The fourth-order valence-electron chi connectivity index (χ4n) is 3.44. The van der Waals surface area contributed by atoms with E-state index >= 15 is 0 Å². The van der Waals surface area contributed by atoms with Gasteiger partial charge in [0.1, 0.15) is 6.54 Å². The first kappa shape index (κ1) is 15.2. The van der Waals surface area contributed by atoms with Crippen LogP contribution in [0.15, 0.2) is 71.8 Å². The smallest absolute Gasteiger partial charge is 0.191 e. The fourth-order valence-corrected chi connectivity index (χ4v) is 3.60. The van der Waals surface area contributed by atoms with Crippen LogP contribution in [0.5, 0.6) is 0 Å². The predicted octanol–water partition coefficient (Wildman–Crippen LogP) is 6.56. The molecule has 0 bridgehead atoms. The van der Waals surface area contributed by atoms with Gasteiger partial charge in [0.05, 0.1) is 10.8 Å². The van der Waals surface area contributed by atoms with Crippen molar-refractivity contribution in [2.75, 3.05) is 0 Å². The summed E-state index contributed by atoms with van der Waals surface area (Å²) in [5.41, 5.74) is 12.4. The molecule has 0 aliphatic heterocycles. The molecule has 4 rings (SSSR count). The van der Waals surface area contributed by atoms with E-state index in [-0.39, 0.29) is 6.90 Å². The van der Waals surface area contributed by atoms with Crippen LogP contribution < -0.4 is 4.57 Å². The first-order valence-electron chi connectivity index (χ1n) is 8.92. The summed E-state index contributed by atoms with van der Waals surface area (Å²) in [6.07, 6.45) is 0. The van der Waals surface area contributed by atoms with E-state index in [4.69, 9.17) is 18.5 Å². The minimum Gasteiger partial charge on any atom is -0.191 e. The molecule has 0 fully saturated rings. The van der Waals surface area contributed by atoms with Crippen LogP contribution in [-0.2, 0) is 6.54 Å². The molecule has 0 spiro atoms. The van der Waals surface area contributed by atoms with Crippen molar-refractivity contribution in [2.45, 2.75) is 13.4 Å². The number of azide groups is 1. The van der Waals surface area contributed by atoms with E-state index < -0.39 is 0 Å². The number of aryl methyl sites for hydroxylation is 1. The van der Waals surface area contributed by atoms with Gasteiger partial charge in [-0.15, -0.1) is 0 Å². The quantitative estimate of drug-likeness (QED) is 0.130. The molecule has 0 N–H and O–H groups in total. The Balaban J connectivity index is 2.24. The molecule has 0 saturated heterocycles. The molecule has 3 aromatic carbocycles. The molecule has 1 heterocycles. The Labute approximate surface area is 157 Å². The molecule has 1 aromatic heterocycles. The number of nitrogens with zero attached hydrogens (tertiary/aromatic N) is 4. The lowest BCUT2D eigenvalue weighted by molar-refractivity contribution is -0.655. The largest absolute Gasteiger partial charge is 0.220 e. The van der Waals surface area contributed by atoms with Crippen LogP contribution in [0, 0.1) is 0 Å². The first-order valence-corrected chi connectivity index (χ1v) is 8.59. The van der Waals surface area contributed by atoms with Gasteiger partial charge in [-0.1, -0.05) is 47.0 Å². The van der Waals surface area contributed by atoms with Gasteiger partial charge in [0.15, 0.2) is 0 Å². The molecule has 0 radical (unpaired) electrons. The van der Waals surface area contributed by atoms with Crippen molar-refractivity contribution in [1.29, 1.82) is 0 Å². The van der Waals surface area contributed by atoms with E-state index in [2.05, 4.69) is 14.6 Å². The molecular formula is C21H16ClN4+. The number of hydrogen-bond acceptors (Lipinski definition) is 1. The Morgan fingerprint density at radius 3 is 2.62 bits per heavy atom. The van der Waals surface area contributed by atoms with Gasteiger partial charge in [-0.05, 0) is 42.8 Å². The third-order valence-electron chi connectivity index (χ3n) is 4.50. The number of aromatic nitrogens is 1. The number of rotatable bonds is 3. The maximum absolute atomic E-state index is 8.83. The van der Waals surface area contributed by atoms with E-state index in [0.717, 1.165) is 32.9 Å². The number of benzene rings is 3. The van der Waals surface area contributed by atoms with Crippen LogP contribution in [0.2, 0.25) is 5.02 Å². The first-order chi connectivity index (χ1) is 13.2. The van der Waals surface area contributed by atoms with Gasteiger partial charge in [-0.25, -0.2) is 0 Å². The normalized spacial score (nSPS) is 11.3. The highest BCUT2D eigenvalue weighted by Gasteiger charge is 2.22. The molecule has 126 valence electrons. The summed E-state index contributed by atoms with van der Waals surface area (Å²) in [4.78, 5) is 2.92. The topological polar surface area (TPSA) is 52.6 Å². The SMILES string of the molecule is [2H]CC[n+]1c(-c2ccccc2)c2cc(N=[N+]=[N-])ccc2c2ccc(Cl)cc21. The summed E-state index contributed by atoms with van der Waals surface area (Å²) in [5, 5.41) is 7.52. The van der Waals surface area contributed by atoms with Crippen molar-refractivity contribution in [1.82, 2.24) is 0 Å².